The van der Waals surface area contributed by atoms with Crippen LogP contribution in [0.2, 0.25) is 0 Å². The smallest absolute Gasteiger partial charge is 0.329 e. The van der Waals surface area contributed by atoms with Gasteiger partial charge in [-0.25, -0.2) is 4.79 Å². The van der Waals surface area contributed by atoms with Gasteiger partial charge in [0, 0.05) is 26.2 Å². The second-order valence-electron chi connectivity index (χ2n) is 16.1. The highest BCUT2D eigenvalue weighted by atomic mass is 16.5. The highest BCUT2D eigenvalue weighted by Crippen LogP contribution is 2.35. The van der Waals surface area contributed by atoms with Crippen LogP contribution in [0.25, 0.3) is 0 Å². The van der Waals surface area contributed by atoms with E-state index in [1.54, 1.807) is 9.80 Å². The van der Waals surface area contributed by atoms with E-state index in [9.17, 15) is 19.2 Å². The van der Waals surface area contributed by atoms with Gasteiger partial charge in [-0.1, -0.05) is 65.3 Å². The van der Waals surface area contributed by atoms with Crippen molar-refractivity contribution < 1.29 is 23.9 Å². The van der Waals surface area contributed by atoms with Crippen LogP contribution >= 0.6 is 0 Å². The number of carbonyl (C=O) groups excluding carboxylic acids is 4. The fraction of sp³-hybridized carbons (Fsp3) is 0.737. The van der Waals surface area contributed by atoms with E-state index in [0.717, 1.165) is 70.0 Å². The molecule has 0 saturated carbocycles. The van der Waals surface area contributed by atoms with E-state index in [1.165, 1.54) is 5.56 Å². The summed E-state index contributed by atoms with van der Waals surface area (Å²) in [7, 11) is 3.82. The average Bonchev–Trinajstić information content (AvgIpc) is 3.81. The summed E-state index contributed by atoms with van der Waals surface area (Å²) in [6, 6.07) is 6.17. The van der Waals surface area contributed by atoms with Crippen LogP contribution < -0.4 is 5.32 Å². The van der Waals surface area contributed by atoms with Crippen LogP contribution in [0, 0.1) is 11.3 Å². The lowest BCUT2D eigenvalue weighted by molar-refractivity contribution is -0.159. The molecule has 4 aliphatic rings. The van der Waals surface area contributed by atoms with E-state index in [2.05, 4.69) is 35.0 Å². The first-order valence-electron chi connectivity index (χ1n) is 18.4. The predicted molar refractivity (Wildman–Crippen MR) is 186 cm³/mol. The molecule has 1 aliphatic carbocycles. The first kappa shape index (κ1) is 36.3. The van der Waals surface area contributed by atoms with Crippen molar-refractivity contribution in [3.63, 3.8) is 0 Å². The number of aryl methyl sites for hydroxylation is 1. The van der Waals surface area contributed by atoms with Gasteiger partial charge in [0.1, 0.15) is 18.2 Å². The molecule has 3 amide bonds. The highest BCUT2D eigenvalue weighted by Gasteiger charge is 2.44. The van der Waals surface area contributed by atoms with Crippen molar-refractivity contribution in [3.8, 4) is 0 Å². The number of hydrogen-bond acceptors (Lipinski definition) is 7. The van der Waals surface area contributed by atoms with Crippen molar-refractivity contribution in [1.82, 2.24) is 24.9 Å². The SMILES string of the molecule is CC(C)C(CN1CCCC1C(=O)N1CCCC1C(=O)OC1CCc2ccccc21)N(C)C(=O)C(NC(=O)C1CCCCN1C)C(C)(C)C. The number of benzene rings is 1. The Morgan fingerprint density at radius 1 is 0.917 bits per heavy atom. The summed E-state index contributed by atoms with van der Waals surface area (Å²) in [6.07, 6.45) is 7.33. The molecule has 1 aromatic rings. The van der Waals surface area contributed by atoms with E-state index in [1.807, 2.05) is 53.1 Å². The lowest BCUT2D eigenvalue weighted by Gasteiger charge is -2.41. The number of carbonyl (C=O) groups is 4. The maximum atomic E-state index is 14.2. The van der Waals surface area contributed by atoms with Crippen molar-refractivity contribution in [3.05, 3.63) is 35.4 Å². The van der Waals surface area contributed by atoms with E-state index >= 15 is 0 Å². The van der Waals surface area contributed by atoms with Crippen LogP contribution in [0.3, 0.4) is 0 Å². The average molecular weight is 666 g/mol. The molecule has 0 spiro atoms. The number of likely N-dealkylation sites (N-methyl/N-ethyl adjacent to an activating group) is 2. The Hall–Kier alpha value is -2.98. The lowest BCUT2D eigenvalue weighted by Crippen LogP contribution is -2.61. The molecule has 0 bridgehead atoms. The number of nitrogens with zero attached hydrogens (tertiary/aromatic N) is 4. The first-order chi connectivity index (χ1) is 22.8. The summed E-state index contributed by atoms with van der Waals surface area (Å²) in [4.78, 5) is 63.2. The number of amides is 3. The fourth-order valence-electron chi connectivity index (χ4n) is 8.33. The maximum absolute atomic E-state index is 14.2. The summed E-state index contributed by atoms with van der Waals surface area (Å²) in [5, 5.41) is 3.15. The number of esters is 1. The summed E-state index contributed by atoms with van der Waals surface area (Å²) in [5.74, 6) is -0.370. The molecule has 1 N–H and O–H groups in total. The van der Waals surface area contributed by atoms with E-state index < -0.39 is 17.5 Å². The Morgan fingerprint density at radius 2 is 1.60 bits per heavy atom. The van der Waals surface area contributed by atoms with Gasteiger partial charge in [0.2, 0.25) is 17.7 Å². The van der Waals surface area contributed by atoms with Gasteiger partial charge >= 0.3 is 5.97 Å². The minimum atomic E-state index is -0.675. The lowest BCUT2D eigenvalue weighted by atomic mass is 9.84. The molecule has 1 aromatic carbocycles. The number of fused-ring (bicyclic) bond motifs is 1. The Labute approximate surface area is 287 Å². The van der Waals surface area contributed by atoms with Crippen LogP contribution in [-0.4, -0.2) is 114 Å². The van der Waals surface area contributed by atoms with Crippen LogP contribution in [0.5, 0.6) is 0 Å². The maximum Gasteiger partial charge on any atom is 0.329 e. The standard InChI is InChI=1S/C38H59N5O5/c1-25(2)31(41(7)36(46)33(38(3,4)5)39-34(44)28-16-10-11-21-40(28)6)24-42-22-12-17-29(42)35(45)43-23-13-18-30(43)37(47)48-32-20-19-26-14-8-9-15-27(26)32/h8-9,14-15,25,28-33H,10-13,16-24H2,1-7H3,(H,39,44). The third-order valence-electron chi connectivity index (χ3n) is 11.3. The summed E-state index contributed by atoms with van der Waals surface area (Å²) < 4.78 is 6.04. The summed E-state index contributed by atoms with van der Waals surface area (Å²) in [6.45, 7) is 13.0. The largest absolute Gasteiger partial charge is 0.456 e. The molecular formula is C38H59N5O5. The number of piperidine rings is 1. The Bertz CT molecular complexity index is 1330. The molecule has 3 fully saturated rings. The van der Waals surface area contributed by atoms with Gasteiger partial charge in [-0.05, 0) is 94.0 Å². The van der Waals surface area contributed by atoms with Gasteiger partial charge in [0.05, 0.1) is 12.1 Å². The van der Waals surface area contributed by atoms with E-state index in [-0.39, 0.29) is 53.8 Å². The number of likely N-dealkylation sites (tertiary alicyclic amines) is 3. The quantitative estimate of drug-likeness (QED) is 0.375. The fourth-order valence-corrected chi connectivity index (χ4v) is 8.33. The Morgan fingerprint density at radius 3 is 2.31 bits per heavy atom. The van der Waals surface area contributed by atoms with Gasteiger partial charge in [-0.15, -0.1) is 0 Å². The van der Waals surface area contributed by atoms with Crippen LogP contribution in [-0.2, 0) is 30.3 Å². The van der Waals surface area contributed by atoms with Gasteiger partial charge < -0.3 is 19.9 Å². The van der Waals surface area contributed by atoms with Crippen molar-refractivity contribution in [2.45, 2.75) is 129 Å². The minimum absolute atomic E-state index is 0.00769. The van der Waals surface area contributed by atoms with Crippen molar-refractivity contribution in [1.29, 1.82) is 0 Å². The molecule has 6 atom stereocenters. The second kappa shape index (κ2) is 15.3. The molecule has 266 valence electrons. The normalized spacial score (nSPS) is 26.3. The Balaban J connectivity index is 1.24. The Kier molecular flexibility index (Phi) is 11.6. The molecule has 48 heavy (non-hydrogen) atoms. The zero-order valence-corrected chi connectivity index (χ0v) is 30.4. The third-order valence-corrected chi connectivity index (χ3v) is 11.3. The third kappa shape index (κ3) is 7.91. The highest BCUT2D eigenvalue weighted by molar-refractivity contribution is 5.91. The molecule has 0 aromatic heterocycles. The van der Waals surface area contributed by atoms with Gasteiger partial charge in [0.25, 0.3) is 0 Å². The van der Waals surface area contributed by atoms with Gasteiger partial charge in [0.15, 0.2) is 0 Å². The van der Waals surface area contributed by atoms with Gasteiger partial charge in [-0.3, -0.25) is 24.2 Å². The molecular weight excluding hydrogens is 606 g/mol. The molecule has 3 heterocycles. The first-order valence-corrected chi connectivity index (χ1v) is 18.4. The molecule has 3 saturated heterocycles. The van der Waals surface area contributed by atoms with Crippen molar-refractivity contribution in [2.24, 2.45) is 11.3 Å². The van der Waals surface area contributed by atoms with Crippen LogP contribution in [0.15, 0.2) is 24.3 Å². The molecule has 10 nitrogen and oxygen atoms in total. The van der Waals surface area contributed by atoms with E-state index in [0.29, 0.717) is 19.5 Å². The molecule has 10 heteroatoms. The van der Waals surface area contributed by atoms with Gasteiger partial charge in [-0.2, -0.15) is 0 Å². The zero-order valence-electron chi connectivity index (χ0n) is 30.4. The minimum Gasteiger partial charge on any atom is -0.456 e. The molecule has 6 unspecified atom stereocenters. The predicted octanol–water partition coefficient (Wildman–Crippen LogP) is 4.17. The van der Waals surface area contributed by atoms with Crippen molar-refractivity contribution in [2.75, 3.05) is 40.3 Å². The number of nitrogens with one attached hydrogen (secondary N) is 1. The van der Waals surface area contributed by atoms with E-state index in [4.69, 9.17) is 4.74 Å². The number of rotatable bonds is 10. The topological polar surface area (TPSA) is 103 Å². The zero-order chi connectivity index (χ0) is 34.7. The second-order valence-corrected chi connectivity index (χ2v) is 16.1. The molecule has 5 rings (SSSR count). The summed E-state index contributed by atoms with van der Waals surface area (Å²) >= 11 is 0. The van der Waals surface area contributed by atoms with Crippen molar-refractivity contribution >= 4 is 23.7 Å². The molecule has 0 radical (unpaired) electrons. The van der Waals surface area contributed by atoms with Crippen LogP contribution in [0.4, 0.5) is 0 Å². The molecule has 3 aliphatic heterocycles. The number of ether oxygens (including phenoxy) is 1. The summed E-state index contributed by atoms with van der Waals surface area (Å²) in [5.41, 5.74) is 1.83. The monoisotopic (exact) mass is 665 g/mol. The number of hydrogen-bond donors (Lipinski definition) is 1. The van der Waals surface area contributed by atoms with Crippen LogP contribution in [0.1, 0.15) is 103 Å².